The topological polar surface area (TPSA) is 85.4 Å². The lowest BCUT2D eigenvalue weighted by Crippen LogP contribution is -2.17. The van der Waals surface area contributed by atoms with Crippen LogP contribution in [0.1, 0.15) is 22.8 Å². The van der Waals surface area contributed by atoms with E-state index in [4.69, 9.17) is 23.2 Å². The molecule has 0 spiro atoms. The van der Waals surface area contributed by atoms with E-state index in [0.717, 1.165) is 5.56 Å². The first-order valence-corrected chi connectivity index (χ1v) is 8.67. The predicted molar refractivity (Wildman–Crippen MR) is 103 cm³/mol. The van der Waals surface area contributed by atoms with Crippen molar-refractivity contribution in [3.05, 3.63) is 108 Å². The summed E-state index contributed by atoms with van der Waals surface area (Å²) in [7, 11) is 0. The number of hydrogen-bond donors (Lipinski definition) is 1. The van der Waals surface area contributed by atoms with E-state index in [-0.39, 0.29) is 32.3 Å². The molecule has 0 amide bonds. The normalized spacial score (nSPS) is 12.0. The third-order valence-corrected chi connectivity index (χ3v) is 4.75. The predicted octanol–water partition coefficient (Wildman–Crippen LogP) is 4.19. The summed E-state index contributed by atoms with van der Waals surface area (Å²) in [4.78, 5) is 22.5. The number of nitro benzene ring substituents is 1. The molecule has 0 saturated heterocycles. The molecule has 138 valence electrons. The minimum absolute atomic E-state index is 0.00290. The van der Waals surface area contributed by atoms with Crippen molar-refractivity contribution in [3.63, 3.8) is 0 Å². The van der Waals surface area contributed by atoms with Gasteiger partial charge in [0.25, 0.3) is 5.69 Å². The Kier molecular flexibility index (Phi) is 5.60. The highest BCUT2D eigenvalue weighted by molar-refractivity contribution is 6.36. The van der Waals surface area contributed by atoms with Crippen molar-refractivity contribution < 1.29 is 10.0 Å². The Morgan fingerprint density at radius 3 is 2.30 bits per heavy atom. The van der Waals surface area contributed by atoms with Gasteiger partial charge < -0.3 is 9.67 Å². The standard InChI is InChI=1S/C19H14Cl2N2O4/c20-15-2-1-3-16(21)18(15)19(25)14-11-22(9-8-17(14)24)10-12-4-6-13(7-5-12)23(26)27/h1-9,11,19,25H,10H2. The van der Waals surface area contributed by atoms with Crippen LogP contribution in [0.5, 0.6) is 0 Å². The highest BCUT2D eigenvalue weighted by Gasteiger charge is 2.20. The van der Waals surface area contributed by atoms with Gasteiger partial charge in [0.15, 0.2) is 5.43 Å². The monoisotopic (exact) mass is 404 g/mol. The summed E-state index contributed by atoms with van der Waals surface area (Å²) < 4.78 is 1.70. The molecule has 1 atom stereocenters. The van der Waals surface area contributed by atoms with Crippen molar-refractivity contribution in [1.82, 2.24) is 4.57 Å². The SMILES string of the molecule is O=c1ccn(Cc2ccc([N+](=O)[O-])cc2)cc1C(O)c1c(Cl)cccc1Cl. The molecular weight excluding hydrogens is 391 g/mol. The minimum Gasteiger partial charge on any atom is -0.383 e. The third kappa shape index (κ3) is 4.19. The molecule has 0 saturated carbocycles. The zero-order valence-electron chi connectivity index (χ0n) is 13.9. The van der Waals surface area contributed by atoms with Crippen LogP contribution >= 0.6 is 23.2 Å². The quantitative estimate of drug-likeness (QED) is 0.510. The van der Waals surface area contributed by atoms with Crippen molar-refractivity contribution in [2.75, 3.05) is 0 Å². The number of halogens is 2. The second-order valence-electron chi connectivity index (χ2n) is 5.90. The van der Waals surface area contributed by atoms with Crippen LogP contribution in [0.15, 0.2) is 65.7 Å². The van der Waals surface area contributed by atoms with Gasteiger partial charge in [0.2, 0.25) is 0 Å². The number of aliphatic hydroxyl groups excluding tert-OH is 1. The van der Waals surface area contributed by atoms with Crippen molar-refractivity contribution in [2.45, 2.75) is 12.6 Å². The van der Waals surface area contributed by atoms with Gasteiger partial charge in [-0.15, -0.1) is 0 Å². The number of pyridine rings is 1. The lowest BCUT2D eigenvalue weighted by Gasteiger charge is -2.16. The summed E-state index contributed by atoms with van der Waals surface area (Å²) in [5.41, 5.74) is 0.863. The number of nitrogens with zero attached hydrogens (tertiary/aromatic N) is 2. The summed E-state index contributed by atoms with van der Waals surface area (Å²) in [6.07, 6.45) is 1.82. The Hall–Kier alpha value is -2.67. The maximum atomic E-state index is 12.2. The van der Waals surface area contributed by atoms with Crippen LogP contribution in [-0.4, -0.2) is 14.6 Å². The Morgan fingerprint density at radius 1 is 1.07 bits per heavy atom. The first-order valence-electron chi connectivity index (χ1n) is 7.92. The number of hydrogen-bond acceptors (Lipinski definition) is 4. The second kappa shape index (κ2) is 7.92. The molecule has 3 rings (SSSR count). The third-order valence-electron chi connectivity index (χ3n) is 4.09. The van der Waals surface area contributed by atoms with E-state index in [9.17, 15) is 20.0 Å². The molecule has 0 fully saturated rings. The number of aliphatic hydroxyl groups is 1. The van der Waals surface area contributed by atoms with Crippen molar-refractivity contribution in [1.29, 1.82) is 0 Å². The fourth-order valence-corrected chi connectivity index (χ4v) is 3.31. The van der Waals surface area contributed by atoms with Gasteiger partial charge in [-0.25, -0.2) is 0 Å². The Balaban J connectivity index is 1.92. The van der Waals surface area contributed by atoms with Gasteiger partial charge >= 0.3 is 0 Å². The van der Waals surface area contributed by atoms with E-state index in [0.29, 0.717) is 6.54 Å². The average Bonchev–Trinajstić information content (AvgIpc) is 2.63. The molecule has 1 aromatic heterocycles. The maximum Gasteiger partial charge on any atom is 0.269 e. The van der Waals surface area contributed by atoms with E-state index >= 15 is 0 Å². The highest BCUT2D eigenvalue weighted by Crippen LogP contribution is 2.32. The van der Waals surface area contributed by atoms with Gasteiger partial charge in [0.1, 0.15) is 6.10 Å². The first kappa shape index (κ1) is 19.1. The first-order chi connectivity index (χ1) is 12.9. The molecule has 1 unspecified atom stereocenters. The van der Waals surface area contributed by atoms with Gasteiger partial charge in [-0.2, -0.15) is 0 Å². The van der Waals surface area contributed by atoms with Crippen LogP contribution in [0.3, 0.4) is 0 Å². The lowest BCUT2D eigenvalue weighted by molar-refractivity contribution is -0.384. The number of nitro groups is 1. The number of aromatic nitrogens is 1. The van der Waals surface area contributed by atoms with Gasteiger partial charge in [-0.1, -0.05) is 41.4 Å². The minimum atomic E-state index is -1.27. The molecule has 1 heterocycles. The average molecular weight is 405 g/mol. The molecule has 0 aliphatic rings. The van der Waals surface area contributed by atoms with Crippen LogP contribution in [0.4, 0.5) is 5.69 Å². The smallest absolute Gasteiger partial charge is 0.269 e. The Labute approximate surface area is 164 Å². The van der Waals surface area contributed by atoms with E-state index in [1.165, 1.54) is 24.4 Å². The molecule has 3 aromatic rings. The summed E-state index contributed by atoms with van der Waals surface area (Å²) in [6.45, 7) is 0.369. The Morgan fingerprint density at radius 2 is 1.70 bits per heavy atom. The molecule has 8 heteroatoms. The van der Waals surface area contributed by atoms with E-state index in [1.807, 2.05) is 0 Å². The summed E-state index contributed by atoms with van der Waals surface area (Å²) >= 11 is 12.3. The van der Waals surface area contributed by atoms with Crippen LogP contribution in [-0.2, 0) is 6.54 Å². The molecule has 2 aromatic carbocycles. The van der Waals surface area contributed by atoms with E-state index in [1.54, 1.807) is 41.1 Å². The fourth-order valence-electron chi connectivity index (χ4n) is 2.71. The molecule has 0 radical (unpaired) electrons. The van der Waals surface area contributed by atoms with Gasteiger partial charge in [0.05, 0.1) is 4.92 Å². The van der Waals surface area contributed by atoms with E-state index in [2.05, 4.69) is 0 Å². The van der Waals surface area contributed by atoms with Crippen molar-refractivity contribution in [3.8, 4) is 0 Å². The second-order valence-corrected chi connectivity index (χ2v) is 6.71. The van der Waals surface area contributed by atoms with E-state index < -0.39 is 11.0 Å². The number of non-ortho nitro benzene ring substituents is 1. The molecule has 0 aliphatic heterocycles. The summed E-state index contributed by atoms with van der Waals surface area (Å²) in [5, 5.41) is 21.9. The molecular formula is C19H14Cl2N2O4. The van der Waals surface area contributed by atoms with Crippen molar-refractivity contribution in [2.24, 2.45) is 0 Å². The number of rotatable bonds is 5. The van der Waals surface area contributed by atoms with Gasteiger partial charge in [0, 0.05) is 58.3 Å². The summed E-state index contributed by atoms with van der Waals surface area (Å²) in [5.74, 6) is 0. The van der Waals surface area contributed by atoms with Gasteiger partial charge in [-0.05, 0) is 17.7 Å². The van der Waals surface area contributed by atoms with Crippen molar-refractivity contribution >= 4 is 28.9 Å². The highest BCUT2D eigenvalue weighted by atomic mass is 35.5. The zero-order valence-corrected chi connectivity index (χ0v) is 15.4. The molecule has 1 N–H and O–H groups in total. The molecule has 27 heavy (non-hydrogen) atoms. The van der Waals surface area contributed by atoms with Crippen LogP contribution < -0.4 is 5.43 Å². The van der Waals surface area contributed by atoms with Gasteiger partial charge in [-0.3, -0.25) is 14.9 Å². The molecule has 6 nitrogen and oxygen atoms in total. The van der Waals surface area contributed by atoms with Crippen LogP contribution in [0.25, 0.3) is 0 Å². The summed E-state index contributed by atoms with van der Waals surface area (Å²) in [6, 6.07) is 12.3. The molecule has 0 bridgehead atoms. The largest absolute Gasteiger partial charge is 0.383 e. The zero-order chi connectivity index (χ0) is 19.6. The van der Waals surface area contributed by atoms with Crippen LogP contribution in [0, 0.1) is 10.1 Å². The Bertz CT molecular complexity index is 1030. The molecule has 0 aliphatic carbocycles. The fraction of sp³-hybridized carbons (Fsp3) is 0.105. The number of benzene rings is 2. The maximum absolute atomic E-state index is 12.2. The lowest BCUT2D eigenvalue weighted by atomic mass is 10.0. The van der Waals surface area contributed by atoms with Crippen LogP contribution in [0.2, 0.25) is 10.0 Å².